The second kappa shape index (κ2) is 8.19. The van der Waals surface area contributed by atoms with Crippen LogP contribution in [0.25, 0.3) is 0 Å². The van der Waals surface area contributed by atoms with E-state index in [4.69, 9.17) is 14.2 Å². The number of nitrogens with zero attached hydrogens (tertiary/aromatic N) is 1. The topological polar surface area (TPSA) is 69.2 Å². The van der Waals surface area contributed by atoms with Crippen molar-refractivity contribution in [2.75, 3.05) is 21.3 Å². The predicted molar refractivity (Wildman–Crippen MR) is 97.0 cm³/mol. The van der Waals surface area contributed by atoms with Crippen LogP contribution in [0.4, 0.5) is 0 Å². The lowest BCUT2D eigenvalue weighted by Gasteiger charge is -2.10. The molecule has 0 aliphatic heterocycles. The molecule has 6 nitrogen and oxygen atoms in total. The number of benzene rings is 2. The van der Waals surface area contributed by atoms with E-state index in [1.54, 1.807) is 32.4 Å². The van der Waals surface area contributed by atoms with E-state index < -0.39 is 0 Å². The number of nitrogens with one attached hydrogen (secondary N) is 1. The Balaban J connectivity index is 2.21. The number of ether oxygens (including phenoxy) is 3. The van der Waals surface area contributed by atoms with E-state index in [0.717, 1.165) is 11.1 Å². The van der Waals surface area contributed by atoms with Crippen molar-refractivity contribution < 1.29 is 19.0 Å². The quantitative estimate of drug-likeness (QED) is 0.647. The van der Waals surface area contributed by atoms with Crippen LogP contribution >= 0.6 is 0 Å². The van der Waals surface area contributed by atoms with Crippen LogP contribution in [0.5, 0.6) is 17.2 Å². The highest BCUT2D eigenvalue weighted by molar-refractivity contribution is 6.03. The van der Waals surface area contributed by atoms with E-state index in [2.05, 4.69) is 10.5 Å². The fraction of sp³-hybridized carbons (Fsp3) is 0.263. The van der Waals surface area contributed by atoms with Crippen molar-refractivity contribution >= 4 is 11.6 Å². The molecule has 2 aromatic carbocycles. The third kappa shape index (κ3) is 4.29. The first kappa shape index (κ1) is 18.3. The molecule has 0 fully saturated rings. The molecule has 0 saturated carbocycles. The summed E-state index contributed by atoms with van der Waals surface area (Å²) in [6, 6.07) is 10.7. The van der Waals surface area contributed by atoms with Crippen molar-refractivity contribution in [3.05, 3.63) is 53.1 Å². The van der Waals surface area contributed by atoms with Crippen LogP contribution in [0.15, 0.2) is 41.5 Å². The molecule has 0 aliphatic rings. The van der Waals surface area contributed by atoms with Crippen LogP contribution in [-0.2, 0) is 0 Å². The van der Waals surface area contributed by atoms with Gasteiger partial charge < -0.3 is 14.2 Å². The Morgan fingerprint density at radius 1 is 0.920 bits per heavy atom. The molecule has 2 rings (SSSR count). The van der Waals surface area contributed by atoms with Crippen LogP contribution in [0.3, 0.4) is 0 Å². The zero-order chi connectivity index (χ0) is 18.4. The van der Waals surface area contributed by atoms with Gasteiger partial charge in [0.2, 0.25) is 0 Å². The molecule has 25 heavy (non-hydrogen) atoms. The van der Waals surface area contributed by atoms with E-state index in [9.17, 15) is 4.79 Å². The summed E-state index contributed by atoms with van der Waals surface area (Å²) in [5.74, 6) is 1.40. The summed E-state index contributed by atoms with van der Waals surface area (Å²) in [5.41, 5.74) is 5.53. The molecular weight excluding hydrogens is 320 g/mol. The number of hydrazone groups is 1. The maximum absolute atomic E-state index is 12.3. The largest absolute Gasteiger partial charge is 0.496 e. The van der Waals surface area contributed by atoms with E-state index in [-0.39, 0.29) is 5.91 Å². The Kier molecular flexibility index (Phi) is 6.00. The number of amides is 1. The van der Waals surface area contributed by atoms with Crippen molar-refractivity contribution in [1.29, 1.82) is 0 Å². The molecule has 0 bridgehead atoms. The van der Waals surface area contributed by atoms with Gasteiger partial charge in [0.05, 0.1) is 27.0 Å². The van der Waals surface area contributed by atoms with Gasteiger partial charge in [0.1, 0.15) is 5.75 Å². The SMILES string of the molecule is COc1ccc(C(=O)N/N=C(/C)c2cc(C)ccc2OC)cc1OC. The van der Waals surface area contributed by atoms with Gasteiger partial charge in [-0.05, 0) is 44.2 Å². The van der Waals surface area contributed by atoms with Gasteiger partial charge in [0.25, 0.3) is 5.91 Å². The van der Waals surface area contributed by atoms with Gasteiger partial charge in [-0.1, -0.05) is 11.6 Å². The summed E-state index contributed by atoms with van der Waals surface area (Å²) < 4.78 is 15.7. The van der Waals surface area contributed by atoms with Gasteiger partial charge in [-0.3, -0.25) is 4.79 Å². The van der Waals surface area contributed by atoms with Crippen molar-refractivity contribution in [3.8, 4) is 17.2 Å². The van der Waals surface area contributed by atoms with Gasteiger partial charge in [-0.2, -0.15) is 5.10 Å². The summed E-state index contributed by atoms with van der Waals surface area (Å²) in [7, 11) is 4.66. The first-order chi connectivity index (χ1) is 12.0. The van der Waals surface area contributed by atoms with Crippen LogP contribution in [-0.4, -0.2) is 32.9 Å². The van der Waals surface area contributed by atoms with E-state index in [1.807, 2.05) is 32.0 Å². The van der Waals surface area contributed by atoms with Crippen LogP contribution in [0.1, 0.15) is 28.4 Å². The van der Waals surface area contributed by atoms with Crippen molar-refractivity contribution in [3.63, 3.8) is 0 Å². The normalized spacial score (nSPS) is 11.0. The number of carbonyl (C=O) groups excluding carboxylic acids is 1. The van der Waals surface area contributed by atoms with Crippen molar-refractivity contribution in [1.82, 2.24) is 5.43 Å². The monoisotopic (exact) mass is 342 g/mol. The summed E-state index contributed by atoms with van der Waals surface area (Å²) in [6.45, 7) is 3.80. The number of hydrogen-bond acceptors (Lipinski definition) is 5. The molecule has 0 aliphatic carbocycles. The zero-order valence-electron chi connectivity index (χ0n) is 15.0. The van der Waals surface area contributed by atoms with Gasteiger partial charge in [-0.25, -0.2) is 5.43 Å². The minimum Gasteiger partial charge on any atom is -0.496 e. The summed E-state index contributed by atoms with van der Waals surface area (Å²) in [6.07, 6.45) is 0. The number of methoxy groups -OCH3 is 3. The predicted octanol–water partition coefficient (Wildman–Crippen LogP) is 3.17. The van der Waals surface area contributed by atoms with Gasteiger partial charge >= 0.3 is 0 Å². The molecule has 0 heterocycles. The van der Waals surface area contributed by atoms with Crippen molar-refractivity contribution in [2.45, 2.75) is 13.8 Å². The third-order valence-corrected chi connectivity index (χ3v) is 3.72. The first-order valence-corrected chi connectivity index (χ1v) is 7.71. The van der Waals surface area contributed by atoms with Crippen LogP contribution in [0.2, 0.25) is 0 Å². The summed E-state index contributed by atoms with van der Waals surface area (Å²) in [5, 5.41) is 4.18. The smallest absolute Gasteiger partial charge is 0.271 e. The Morgan fingerprint density at radius 3 is 2.20 bits per heavy atom. The molecule has 2 aromatic rings. The summed E-state index contributed by atoms with van der Waals surface area (Å²) >= 11 is 0. The molecule has 0 unspecified atom stereocenters. The highest BCUT2D eigenvalue weighted by Crippen LogP contribution is 2.27. The second-order valence-electron chi connectivity index (χ2n) is 5.41. The highest BCUT2D eigenvalue weighted by Gasteiger charge is 2.11. The maximum atomic E-state index is 12.3. The van der Waals surface area contributed by atoms with Crippen LogP contribution < -0.4 is 19.6 Å². The van der Waals surface area contributed by atoms with Gasteiger partial charge in [0.15, 0.2) is 11.5 Å². The average Bonchev–Trinajstić information content (AvgIpc) is 2.65. The Morgan fingerprint density at radius 2 is 1.56 bits per heavy atom. The minimum atomic E-state index is -0.341. The molecule has 6 heteroatoms. The Hall–Kier alpha value is -3.02. The number of carbonyl (C=O) groups is 1. The summed E-state index contributed by atoms with van der Waals surface area (Å²) in [4.78, 5) is 12.3. The highest BCUT2D eigenvalue weighted by atomic mass is 16.5. The number of aryl methyl sites for hydroxylation is 1. The molecular formula is C19H22N2O4. The molecule has 0 atom stereocenters. The lowest BCUT2D eigenvalue weighted by Crippen LogP contribution is -2.19. The molecule has 1 amide bonds. The standard InChI is InChI=1S/C19H22N2O4/c1-12-6-8-16(23-3)15(10-12)13(2)20-21-19(22)14-7-9-17(24-4)18(11-14)25-5/h6-11H,1-5H3,(H,21,22)/b20-13-. The third-order valence-electron chi connectivity index (χ3n) is 3.72. The van der Waals surface area contributed by atoms with Crippen molar-refractivity contribution in [2.24, 2.45) is 5.10 Å². The molecule has 0 aromatic heterocycles. The molecule has 0 saturated heterocycles. The molecule has 1 N–H and O–H groups in total. The molecule has 0 spiro atoms. The second-order valence-corrected chi connectivity index (χ2v) is 5.41. The zero-order valence-corrected chi connectivity index (χ0v) is 15.0. The fourth-order valence-corrected chi connectivity index (χ4v) is 2.34. The van der Waals surface area contributed by atoms with E-state index in [1.165, 1.54) is 7.11 Å². The first-order valence-electron chi connectivity index (χ1n) is 7.71. The number of rotatable bonds is 6. The lowest BCUT2D eigenvalue weighted by atomic mass is 10.1. The van der Waals surface area contributed by atoms with E-state index in [0.29, 0.717) is 28.5 Å². The average molecular weight is 342 g/mol. The Labute approximate surface area is 147 Å². The number of hydrogen-bond donors (Lipinski definition) is 1. The molecule has 0 radical (unpaired) electrons. The van der Waals surface area contributed by atoms with Gasteiger partial charge in [0, 0.05) is 11.1 Å². The van der Waals surface area contributed by atoms with Gasteiger partial charge in [-0.15, -0.1) is 0 Å². The van der Waals surface area contributed by atoms with Crippen LogP contribution in [0, 0.1) is 6.92 Å². The minimum absolute atomic E-state index is 0.341. The lowest BCUT2D eigenvalue weighted by molar-refractivity contribution is 0.0954. The Bertz CT molecular complexity index is 800. The molecule has 132 valence electrons. The fourth-order valence-electron chi connectivity index (χ4n) is 2.34. The van der Waals surface area contributed by atoms with E-state index >= 15 is 0 Å². The maximum Gasteiger partial charge on any atom is 0.271 e.